The summed E-state index contributed by atoms with van der Waals surface area (Å²) in [4.78, 5) is 0.168. The van der Waals surface area contributed by atoms with Crippen LogP contribution in [0.3, 0.4) is 0 Å². The third-order valence-electron chi connectivity index (χ3n) is 3.25. The summed E-state index contributed by atoms with van der Waals surface area (Å²) in [6.07, 6.45) is 0. The van der Waals surface area contributed by atoms with Crippen LogP contribution in [0.5, 0.6) is 0 Å². The van der Waals surface area contributed by atoms with Crippen molar-refractivity contribution in [2.45, 2.75) is 25.3 Å². The predicted octanol–water partition coefficient (Wildman–Crippen LogP) is 3.25. The monoisotopic (exact) mass is 325 g/mol. The quantitative estimate of drug-likeness (QED) is 0.906. The Hall–Kier alpha value is -1.56. The highest BCUT2D eigenvalue weighted by Gasteiger charge is 2.19. The Morgan fingerprint density at radius 3 is 2.33 bits per heavy atom. The summed E-state index contributed by atoms with van der Waals surface area (Å²) in [5, 5.41) is 9.77. The molecule has 2 rings (SSSR count). The number of rotatable bonds is 4. The largest absolute Gasteiger partial charge is 0.392 e. The molecule has 21 heavy (non-hydrogen) atoms. The molecule has 0 aliphatic heterocycles. The van der Waals surface area contributed by atoms with Crippen LogP contribution in [-0.4, -0.2) is 13.5 Å². The van der Waals surface area contributed by atoms with Crippen LogP contribution in [0.4, 0.5) is 5.69 Å². The molecule has 2 aromatic carbocycles. The number of hydrogen-bond acceptors (Lipinski definition) is 3. The first-order valence-corrected chi connectivity index (χ1v) is 8.19. The number of aliphatic hydroxyl groups excluding tert-OH is 1. The minimum atomic E-state index is -3.72. The zero-order valence-corrected chi connectivity index (χ0v) is 13.3. The lowest BCUT2D eigenvalue weighted by molar-refractivity contribution is 0.281. The van der Waals surface area contributed by atoms with Crippen molar-refractivity contribution >= 4 is 27.3 Å². The summed E-state index contributed by atoms with van der Waals surface area (Å²) in [5.41, 5.74) is 2.48. The second-order valence-corrected chi connectivity index (χ2v) is 6.89. The van der Waals surface area contributed by atoms with E-state index in [0.29, 0.717) is 21.8 Å². The standard InChI is InChI=1S/C15H16ClNO3S/c1-10-7-12(9-18)8-15(11(10)2)21(19,20)17-14-5-3-13(16)4-6-14/h3-8,17-18H,9H2,1-2H3. The van der Waals surface area contributed by atoms with Crippen LogP contribution in [0.1, 0.15) is 16.7 Å². The van der Waals surface area contributed by atoms with E-state index in [-0.39, 0.29) is 11.5 Å². The van der Waals surface area contributed by atoms with E-state index in [0.717, 1.165) is 5.56 Å². The zero-order chi connectivity index (χ0) is 15.6. The highest BCUT2D eigenvalue weighted by Crippen LogP contribution is 2.24. The van der Waals surface area contributed by atoms with Crippen molar-refractivity contribution in [3.8, 4) is 0 Å². The van der Waals surface area contributed by atoms with Crippen molar-refractivity contribution in [2.75, 3.05) is 4.72 Å². The molecule has 0 unspecified atom stereocenters. The van der Waals surface area contributed by atoms with E-state index < -0.39 is 10.0 Å². The number of benzene rings is 2. The fourth-order valence-electron chi connectivity index (χ4n) is 2.00. The summed E-state index contributed by atoms with van der Waals surface area (Å²) in [6.45, 7) is 3.35. The molecule has 4 nitrogen and oxygen atoms in total. The van der Waals surface area contributed by atoms with Crippen molar-refractivity contribution in [3.63, 3.8) is 0 Å². The number of anilines is 1. The Morgan fingerprint density at radius 2 is 1.76 bits per heavy atom. The van der Waals surface area contributed by atoms with Crippen LogP contribution in [0, 0.1) is 13.8 Å². The molecule has 0 spiro atoms. The Bertz CT molecular complexity index is 755. The van der Waals surface area contributed by atoms with Gasteiger partial charge in [0, 0.05) is 10.7 Å². The molecule has 0 atom stereocenters. The molecule has 0 aliphatic carbocycles. The van der Waals surface area contributed by atoms with E-state index in [1.165, 1.54) is 6.07 Å². The molecule has 112 valence electrons. The second kappa shape index (κ2) is 6.05. The second-order valence-electron chi connectivity index (χ2n) is 4.81. The van der Waals surface area contributed by atoms with Crippen LogP contribution in [0.15, 0.2) is 41.3 Å². The van der Waals surface area contributed by atoms with Crippen molar-refractivity contribution in [2.24, 2.45) is 0 Å². The number of nitrogens with one attached hydrogen (secondary N) is 1. The maximum atomic E-state index is 12.5. The van der Waals surface area contributed by atoms with Gasteiger partial charge < -0.3 is 5.11 Å². The van der Waals surface area contributed by atoms with Crippen molar-refractivity contribution in [1.29, 1.82) is 0 Å². The molecule has 2 aromatic rings. The van der Waals surface area contributed by atoms with Crippen LogP contribution in [0.25, 0.3) is 0 Å². The van der Waals surface area contributed by atoms with Gasteiger partial charge in [-0.25, -0.2) is 8.42 Å². The summed E-state index contributed by atoms with van der Waals surface area (Å²) in [5.74, 6) is 0. The van der Waals surface area contributed by atoms with Gasteiger partial charge in [0.15, 0.2) is 0 Å². The van der Waals surface area contributed by atoms with Crippen LogP contribution >= 0.6 is 11.6 Å². The van der Waals surface area contributed by atoms with Gasteiger partial charge in [-0.15, -0.1) is 0 Å². The molecule has 0 fully saturated rings. The van der Waals surface area contributed by atoms with Gasteiger partial charge in [0.1, 0.15) is 0 Å². The normalized spacial score (nSPS) is 11.4. The van der Waals surface area contributed by atoms with Gasteiger partial charge >= 0.3 is 0 Å². The van der Waals surface area contributed by atoms with Gasteiger partial charge in [-0.3, -0.25) is 4.72 Å². The highest BCUT2D eigenvalue weighted by atomic mass is 35.5. The van der Waals surface area contributed by atoms with Gasteiger partial charge in [-0.05, 0) is 60.9 Å². The fourth-order valence-corrected chi connectivity index (χ4v) is 3.55. The minimum Gasteiger partial charge on any atom is -0.392 e. The molecule has 0 saturated heterocycles. The smallest absolute Gasteiger partial charge is 0.262 e. The third kappa shape index (κ3) is 3.56. The van der Waals surface area contributed by atoms with E-state index >= 15 is 0 Å². The van der Waals surface area contributed by atoms with Crippen molar-refractivity contribution in [1.82, 2.24) is 0 Å². The van der Waals surface area contributed by atoms with Gasteiger partial charge in [0.2, 0.25) is 0 Å². The number of hydrogen-bond donors (Lipinski definition) is 2. The van der Waals surface area contributed by atoms with E-state index in [9.17, 15) is 13.5 Å². The molecule has 0 aromatic heterocycles. The number of aryl methyl sites for hydroxylation is 1. The van der Waals surface area contributed by atoms with Crippen LogP contribution in [0.2, 0.25) is 5.02 Å². The van der Waals surface area contributed by atoms with Gasteiger partial charge in [0.25, 0.3) is 10.0 Å². The molecular formula is C15H16ClNO3S. The average Bonchev–Trinajstić information content (AvgIpc) is 2.43. The highest BCUT2D eigenvalue weighted by molar-refractivity contribution is 7.92. The first kappa shape index (κ1) is 15.8. The Balaban J connectivity index is 2.44. The average molecular weight is 326 g/mol. The number of aliphatic hydroxyl groups is 1. The molecule has 0 heterocycles. The van der Waals surface area contributed by atoms with E-state index in [1.807, 2.05) is 6.92 Å². The predicted molar refractivity (Wildman–Crippen MR) is 84.1 cm³/mol. The molecule has 0 bridgehead atoms. The SMILES string of the molecule is Cc1cc(CO)cc(S(=O)(=O)Nc2ccc(Cl)cc2)c1C. The van der Waals surface area contributed by atoms with E-state index in [2.05, 4.69) is 4.72 Å². The van der Waals surface area contributed by atoms with Crippen molar-refractivity contribution < 1.29 is 13.5 Å². The van der Waals surface area contributed by atoms with Crippen LogP contribution in [-0.2, 0) is 16.6 Å². The first-order valence-electron chi connectivity index (χ1n) is 6.33. The van der Waals surface area contributed by atoms with Crippen LogP contribution < -0.4 is 4.72 Å². The lowest BCUT2D eigenvalue weighted by Gasteiger charge is -2.13. The van der Waals surface area contributed by atoms with Gasteiger partial charge in [-0.2, -0.15) is 0 Å². The molecule has 0 saturated carbocycles. The van der Waals surface area contributed by atoms with Gasteiger partial charge in [-0.1, -0.05) is 17.7 Å². The van der Waals surface area contributed by atoms with E-state index in [4.69, 9.17) is 11.6 Å². The third-order valence-corrected chi connectivity index (χ3v) is 5.01. The molecule has 0 radical (unpaired) electrons. The lowest BCUT2D eigenvalue weighted by Crippen LogP contribution is -2.15. The number of halogens is 1. The molecule has 6 heteroatoms. The maximum absolute atomic E-state index is 12.5. The summed E-state index contributed by atoms with van der Waals surface area (Å²) in [7, 11) is -3.72. The van der Waals surface area contributed by atoms with Gasteiger partial charge in [0.05, 0.1) is 11.5 Å². The molecular weight excluding hydrogens is 310 g/mol. The Labute approximate surface area is 129 Å². The first-order chi connectivity index (χ1) is 9.83. The Morgan fingerprint density at radius 1 is 1.14 bits per heavy atom. The fraction of sp³-hybridized carbons (Fsp3) is 0.200. The Kier molecular flexibility index (Phi) is 4.56. The summed E-state index contributed by atoms with van der Waals surface area (Å²) >= 11 is 5.78. The zero-order valence-electron chi connectivity index (χ0n) is 11.7. The van der Waals surface area contributed by atoms with E-state index in [1.54, 1.807) is 37.3 Å². The maximum Gasteiger partial charge on any atom is 0.262 e. The topological polar surface area (TPSA) is 66.4 Å². The molecule has 0 aliphatic rings. The minimum absolute atomic E-state index is 0.168. The van der Waals surface area contributed by atoms with Crippen molar-refractivity contribution in [3.05, 3.63) is 58.1 Å². The summed E-state index contributed by atoms with van der Waals surface area (Å²) in [6, 6.07) is 9.68. The molecule has 0 amide bonds. The molecule has 2 N–H and O–H groups in total. The lowest BCUT2D eigenvalue weighted by atomic mass is 10.1. The summed E-state index contributed by atoms with van der Waals surface area (Å²) < 4.78 is 27.5. The number of sulfonamides is 1.